The van der Waals surface area contributed by atoms with Crippen molar-refractivity contribution in [1.82, 2.24) is 0 Å². The quantitative estimate of drug-likeness (QED) is 0.108. The number of ether oxygens (including phenoxy) is 1. The number of halogens is 7. The van der Waals surface area contributed by atoms with Crippen LogP contribution in [0, 0.1) is 40.7 Å². The molecule has 0 saturated carbocycles. The maximum atomic E-state index is 15.2. The van der Waals surface area contributed by atoms with E-state index in [2.05, 4.69) is 0 Å². The lowest BCUT2D eigenvalue weighted by Crippen LogP contribution is -2.05. The maximum Gasteiger partial charge on any atom is 0.200 e. The fourth-order valence-corrected chi connectivity index (χ4v) is 4.40. The predicted octanol–water partition coefficient (Wildman–Crippen LogP) is 8.31. The summed E-state index contributed by atoms with van der Waals surface area (Å²) in [6, 6.07) is 13.7. The second kappa shape index (κ2) is 8.30. The van der Waals surface area contributed by atoms with Crippen LogP contribution in [0.5, 0.6) is 5.75 Å². The zero-order valence-electron chi connectivity index (χ0n) is 17.8. The highest BCUT2D eigenvalue weighted by Gasteiger charge is 2.30. The van der Waals surface area contributed by atoms with Crippen molar-refractivity contribution in [3.05, 3.63) is 101 Å². The zero-order valence-corrected chi connectivity index (χ0v) is 17.8. The van der Waals surface area contributed by atoms with E-state index in [0.717, 1.165) is 12.1 Å². The summed E-state index contributed by atoms with van der Waals surface area (Å²) in [6.45, 7) is 0. The van der Waals surface area contributed by atoms with Crippen LogP contribution in [0.4, 0.5) is 30.7 Å². The van der Waals surface area contributed by atoms with Gasteiger partial charge in [-0.25, -0.2) is 30.7 Å². The molecule has 0 aliphatic carbocycles. The van der Waals surface area contributed by atoms with E-state index in [9.17, 15) is 22.0 Å². The second-order valence-corrected chi connectivity index (χ2v) is 7.75. The van der Waals surface area contributed by atoms with Crippen LogP contribution in [-0.4, -0.2) is 7.11 Å². The zero-order chi connectivity index (χ0) is 25.0. The molecule has 0 amide bonds. The average molecular weight is 486 g/mol. The Morgan fingerprint density at radius 1 is 0.457 bits per heavy atom. The van der Waals surface area contributed by atoms with E-state index in [-0.39, 0.29) is 38.4 Å². The molecular formula is C27H13F7O. The fraction of sp³-hybridized carbons (Fsp3) is 0.0370. The Kier molecular flexibility index (Phi) is 5.39. The van der Waals surface area contributed by atoms with E-state index in [1.54, 1.807) is 0 Å². The number of hydrogen-bond acceptors (Lipinski definition) is 1. The van der Waals surface area contributed by atoms with Gasteiger partial charge in [-0.05, 0) is 21.5 Å². The molecule has 0 spiro atoms. The standard InChI is InChI=1S/C27H13F7O/c1-35-12-10-17(28)21(18(29)11-12)19-13-6-2-4-8-15(13)20(16-9-5-3-7-14(16)19)22-23(30)25(32)27(34)26(33)24(22)31/h2-11H,1H3. The highest BCUT2D eigenvalue weighted by Crippen LogP contribution is 2.47. The van der Waals surface area contributed by atoms with Gasteiger partial charge in [0.05, 0.1) is 18.2 Å². The van der Waals surface area contributed by atoms with Gasteiger partial charge >= 0.3 is 0 Å². The molecule has 5 aromatic rings. The van der Waals surface area contributed by atoms with Gasteiger partial charge in [0.1, 0.15) is 17.4 Å². The second-order valence-electron chi connectivity index (χ2n) is 7.75. The Morgan fingerprint density at radius 2 is 0.800 bits per heavy atom. The fourth-order valence-electron chi connectivity index (χ4n) is 4.40. The van der Waals surface area contributed by atoms with Gasteiger partial charge in [-0.3, -0.25) is 0 Å². The Hall–Kier alpha value is -4.07. The molecule has 0 aliphatic heterocycles. The van der Waals surface area contributed by atoms with E-state index in [1.165, 1.54) is 55.6 Å². The van der Waals surface area contributed by atoms with Gasteiger partial charge in [-0.15, -0.1) is 0 Å². The first-order valence-electron chi connectivity index (χ1n) is 10.2. The molecule has 0 aromatic heterocycles. The number of rotatable bonds is 3. The van der Waals surface area contributed by atoms with E-state index in [4.69, 9.17) is 4.74 Å². The van der Waals surface area contributed by atoms with Crippen LogP contribution in [0.3, 0.4) is 0 Å². The van der Waals surface area contributed by atoms with Crippen molar-refractivity contribution < 1.29 is 35.5 Å². The first-order valence-corrected chi connectivity index (χ1v) is 10.2. The maximum absolute atomic E-state index is 15.2. The van der Waals surface area contributed by atoms with Crippen LogP contribution in [0.2, 0.25) is 0 Å². The summed E-state index contributed by atoms with van der Waals surface area (Å²) < 4.78 is 107. The third-order valence-corrected chi connectivity index (χ3v) is 5.89. The third-order valence-electron chi connectivity index (χ3n) is 5.89. The SMILES string of the molecule is COc1cc(F)c(-c2c3ccccc3c(-c3c(F)c(F)c(F)c(F)c3F)c3ccccc23)c(F)c1. The topological polar surface area (TPSA) is 9.23 Å². The van der Waals surface area contributed by atoms with Crippen molar-refractivity contribution in [2.24, 2.45) is 0 Å². The van der Waals surface area contributed by atoms with Crippen molar-refractivity contribution in [2.45, 2.75) is 0 Å². The monoisotopic (exact) mass is 486 g/mol. The predicted molar refractivity (Wildman–Crippen MR) is 119 cm³/mol. The van der Waals surface area contributed by atoms with Gasteiger partial charge < -0.3 is 4.74 Å². The largest absolute Gasteiger partial charge is 0.497 e. The van der Waals surface area contributed by atoms with Crippen molar-refractivity contribution in [3.63, 3.8) is 0 Å². The Bertz CT molecular complexity index is 1550. The summed E-state index contributed by atoms with van der Waals surface area (Å²) in [6.07, 6.45) is 0. The van der Waals surface area contributed by atoms with Crippen LogP contribution in [0.15, 0.2) is 60.7 Å². The minimum absolute atomic E-state index is 0.0408. The molecule has 0 unspecified atom stereocenters. The van der Waals surface area contributed by atoms with Crippen LogP contribution < -0.4 is 4.74 Å². The van der Waals surface area contributed by atoms with Crippen molar-refractivity contribution in [3.8, 4) is 28.0 Å². The van der Waals surface area contributed by atoms with Crippen LogP contribution in [0.25, 0.3) is 43.8 Å². The third kappa shape index (κ3) is 3.31. The summed E-state index contributed by atoms with van der Waals surface area (Å²) in [5.41, 5.74) is -1.79. The highest BCUT2D eigenvalue weighted by molar-refractivity contribution is 6.21. The van der Waals surface area contributed by atoms with Gasteiger partial charge in [0.2, 0.25) is 5.82 Å². The molecule has 0 heterocycles. The summed E-state index contributed by atoms with van der Waals surface area (Å²) in [7, 11) is 1.25. The van der Waals surface area contributed by atoms with E-state index < -0.39 is 51.8 Å². The van der Waals surface area contributed by atoms with E-state index in [0.29, 0.717) is 0 Å². The summed E-state index contributed by atoms with van der Waals surface area (Å²) >= 11 is 0. The molecular weight excluding hydrogens is 473 g/mol. The Balaban J connectivity index is 2.03. The molecule has 0 saturated heterocycles. The molecule has 0 atom stereocenters. The first kappa shape index (κ1) is 22.7. The average Bonchev–Trinajstić information content (AvgIpc) is 2.86. The number of hydrogen-bond donors (Lipinski definition) is 0. The summed E-state index contributed by atoms with van der Waals surface area (Å²) in [5, 5.41) is 0.374. The number of benzene rings is 5. The summed E-state index contributed by atoms with van der Waals surface area (Å²) in [5.74, 6) is -12.5. The van der Waals surface area contributed by atoms with Crippen molar-refractivity contribution in [1.29, 1.82) is 0 Å². The van der Waals surface area contributed by atoms with E-state index >= 15 is 8.78 Å². The Morgan fingerprint density at radius 3 is 1.17 bits per heavy atom. The molecule has 5 aromatic carbocycles. The highest BCUT2D eigenvalue weighted by atomic mass is 19.2. The van der Waals surface area contributed by atoms with Crippen LogP contribution in [0.1, 0.15) is 0 Å². The summed E-state index contributed by atoms with van der Waals surface area (Å²) in [4.78, 5) is 0. The molecule has 0 N–H and O–H groups in total. The smallest absolute Gasteiger partial charge is 0.200 e. The molecule has 0 fully saturated rings. The lowest BCUT2D eigenvalue weighted by Gasteiger charge is -2.19. The van der Waals surface area contributed by atoms with E-state index in [1.807, 2.05) is 0 Å². The molecule has 176 valence electrons. The van der Waals surface area contributed by atoms with Crippen molar-refractivity contribution in [2.75, 3.05) is 7.11 Å². The number of fused-ring (bicyclic) bond motifs is 2. The number of methoxy groups -OCH3 is 1. The lowest BCUT2D eigenvalue weighted by atomic mass is 9.85. The molecule has 1 nitrogen and oxygen atoms in total. The molecule has 0 bridgehead atoms. The normalized spacial score (nSPS) is 11.4. The lowest BCUT2D eigenvalue weighted by molar-refractivity contribution is 0.381. The van der Waals surface area contributed by atoms with Crippen molar-refractivity contribution >= 4 is 21.5 Å². The minimum Gasteiger partial charge on any atom is -0.497 e. The van der Waals surface area contributed by atoms with Gasteiger partial charge in [0.15, 0.2) is 23.3 Å². The molecule has 5 rings (SSSR count). The van der Waals surface area contributed by atoms with Gasteiger partial charge in [0.25, 0.3) is 0 Å². The van der Waals surface area contributed by atoms with Gasteiger partial charge in [-0.2, -0.15) is 0 Å². The first-order chi connectivity index (χ1) is 16.8. The molecule has 0 radical (unpaired) electrons. The van der Waals surface area contributed by atoms with Crippen LogP contribution in [-0.2, 0) is 0 Å². The molecule has 0 aliphatic rings. The molecule has 35 heavy (non-hydrogen) atoms. The van der Waals surface area contributed by atoms with Gasteiger partial charge in [0, 0.05) is 23.3 Å². The van der Waals surface area contributed by atoms with Crippen LogP contribution >= 0.6 is 0 Å². The molecule has 8 heteroatoms. The Labute approximate surface area is 194 Å². The van der Waals surface area contributed by atoms with Gasteiger partial charge in [-0.1, -0.05) is 48.5 Å². The minimum atomic E-state index is -2.28.